The van der Waals surface area contributed by atoms with Crippen LogP contribution in [0, 0.1) is 0 Å². The smallest absolute Gasteiger partial charge is 0.208 e. The average Bonchev–Trinajstić information content (AvgIpc) is 3.50. The van der Waals surface area contributed by atoms with E-state index < -0.39 is 5.54 Å². The van der Waals surface area contributed by atoms with Crippen molar-refractivity contribution in [3.8, 4) is 0 Å². The molecule has 1 atom stereocenters. The number of allylic oxidation sites excluding steroid dienone is 2. The van der Waals surface area contributed by atoms with E-state index in [1.807, 2.05) is 18.4 Å². The molecule has 0 radical (unpaired) electrons. The molecular weight excluding hydrogens is 400 g/mol. The van der Waals surface area contributed by atoms with Crippen molar-refractivity contribution in [1.29, 1.82) is 0 Å². The van der Waals surface area contributed by atoms with E-state index in [-0.39, 0.29) is 0 Å². The van der Waals surface area contributed by atoms with Crippen LogP contribution >= 0.6 is 0 Å². The summed E-state index contributed by atoms with van der Waals surface area (Å²) in [5, 5.41) is 23.0. The average molecular weight is 433 g/mol. The quantitative estimate of drug-likeness (QED) is 0.447. The minimum absolute atomic E-state index is 0.585. The number of hydrogen-bond donors (Lipinski definition) is 2. The van der Waals surface area contributed by atoms with Gasteiger partial charge in [-0.25, -0.2) is 9.67 Å². The Hall–Kier alpha value is -3.29. The molecule has 0 bridgehead atoms. The van der Waals surface area contributed by atoms with Crippen LogP contribution in [0.2, 0.25) is 0 Å². The maximum absolute atomic E-state index is 4.88. The number of rotatable bonds is 11. The first-order chi connectivity index (χ1) is 15.7. The van der Waals surface area contributed by atoms with Crippen molar-refractivity contribution in [2.75, 3.05) is 0 Å². The number of aromatic nitrogens is 7. The molecule has 0 saturated carbocycles. The topological polar surface area (TPSA) is 97.2 Å². The number of nitrogens with zero attached hydrogens (tertiary/aromatic N) is 6. The van der Waals surface area contributed by atoms with Crippen LogP contribution in [0.15, 0.2) is 48.7 Å². The minimum Gasteiger partial charge on any atom is -0.372 e. The Morgan fingerprint density at radius 3 is 2.53 bits per heavy atom. The van der Waals surface area contributed by atoms with Gasteiger partial charge in [-0.1, -0.05) is 68.7 Å². The van der Waals surface area contributed by atoms with Gasteiger partial charge in [0.15, 0.2) is 5.82 Å². The highest BCUT2D eigenvalue weighted by atomic mass is 15.5. The summed E-state index contributed by atoms with van der Waals surface area (Å²) in [6.45, 7) is 5.35. The summed E-state index contributed by atoms with van der Waals surface area (Å²) < 4.78 is 2.11. The van der Waals surface area contributed by atoms with Gasteiger partial charge in [0, 0.05) is 19.4 Å². The molecule has 2 N–H and O–H groups in total. The lowest BCUT2D eigenvalue weighted by Crippen LogP contribution is -2.40. The highest BCUT2D eigenvalue weighted by molar-refractivity contribution is 5.42. The van der Waals surface area contributed by atoms with Gasteiger partial charge >= 0.3 is 0 Å². The zero-order chi connectivity index (χ0) is 22.2. The van der Waals surface area contributed by atoms with Crippen LogP contribution < -0.4 is 5.32 Å². The van der Waals surface area contributed by atoms with E-state index in [0.29, 0.717) is 5.82 Å². The zero-order valence-corrected chi connectivity index (χ0v) is 19.0. The van der Waals surface area contributed by atoms with Gasteiger partial charge in [-0.3, -0.25) is 0 Å². The summed E-state index contributed by atoms with van der Waals surface area (Å²) in [6.07, 6.45) is 15.5. The highest BCUT2D eigenvalue weighted by Crippen LogP contribution is 2.30. The van der Waals surface area contributed by atoms with E-state index in [4.69, 9.17) is 10.1 Å². The largest absolute Gasteiger partial charge is 0.372 e. The maximum Gasteiger partial charge on any atom is 0.208 e. The van der Waals surface area contributed by atoms with Crippen molar-refractivity contribution in [1.82, 2.24) is 40.7 Å². The first-order valence-electron chi connectivity index (χ1n) is 11.6. The van der Waals surface area contributed by atoms with Gasteiger partial charge in [0.1, 0.15) is 11.4 Å². The molecule has 1 unspecified atom stereocenters. The molecule has 8 heteroatoms. The molecule has 0 fully saturated rings. The molecule has 3 aromatic rings. The number of tetrazole rings is 1. The van der Waals surface area contributed by atoms with Crippen LogP contribution in [-0.2, 0) is 24.9 Å². The Kier molecular flexibility index (Phi) is 7.09. The van der Waals surface area contributed by atoms with Crippen molar-refractivity contribution in [2.45, 2.75) is 70.9 Å². The monoisotopic (exact) mass is 432 g/mol. The third-order valence-corrected chi connectivity index (χ3v) is 5.85. The van der Waals surface area contributed by atoms with E-state index in [1.54, 1.807) is 0 Å². The fraction of sp³-hybridized carbons (Fsp3) is 0.458. The third kappa shape index (κ3) is 4.79. The number of hydrogen-bond acceptors (Lipinski definition) is 6. The number of dihydropyridines is 1. The molecule has 3 heterocycles. The number of aryl methyl sites for hydroxylation is 2. The molecule has 168 valence electrons. The second kappa shape index (κ2) is 10.3. The summed E-state index contributed by atoms with van der Waals surface area (Å²) in [4.78, 5) is 4.88. The second-order valence-corrected chi connectivity index (χ2v) is 8.26. The molecule has 1 aliphatic rings. The van der Waals surface area contributed by atoms with Crippen LogP contribution in [-0.4, -0.2) is 35.4 Å². The van der Waals surface area contributed by atoms with Crippen LogP contribution in [0.5, 0.6) is 0 Å². The molecule has 0 aliphatic carbocycles. The number of benzene rings is 1. The van der Waals surface area contributed by atoms with E-state index in [0.717, 1.165) is 55.9 Å². The molecule has 8 nitrogen and oxygen atoms in total. The van der Waals surface area contributed by atoms with Gasteiger partial charge in [-0.15, -0.1) is 10.2 Å². The van der Waals surface area contributed by atoms with Crippen molar-refractivity contribution >= 4 is 0 Å². The second-order valence-electron chi connectivity index (χ2n) is 8.26. The molecule has 4 rings (SSSR count). The standard InChI is InChI=1S/C24H32N8/c1-3-5-7-10-21-26-22(32(29-21)17-6-4-2)18-19-11-13-20(14-12-19)24(15-8-9-16-25-24)23-27-30-31-28-23/h8-9,11-16,25H,3-7,10,17-18H2,1-2H3,(H,27,28,30,31). The Bertz CT molecular complexity index is 1030. The highest BCUT2D eigenvalue weighted by Gasteiger charge is 2.35. The first-order valence-corrected chi connectivity index (χ1v) is 11.6. The first kappa shape index (κ1) is 21.9. The van der Waals surface area contributed by atoms with Gasteiger partial charge in [0.25, 0.3) is 0 Å². The molecule has 0 saturated heterocycles. The number of unbranched alkanes of at least 4 members (excludes halogenated alkanes) is 3. The summed E-state index contributed by atoms with van der Waals surface area (Å²) in [5.74, 6) is 2.60. The van der Waals surface area contributed by atoms with Gasteiger partial charge < -0.3 is 5.32 Å². The van der Waals surface area contributed by atoms with E-state index in [2.05, 4.69) is 74.8 Å². The maximum atomic E-state index is 4.88. The van der Waals surface area contributed by atoms with Crippen LogP contribution in [0.3, 0.4) is 0 Å². The summed E-state index contributed by atoms with van der Waals surface area (Å²) in [7, 11) is 0. The summed E-state index contributed by atoms with van der Waals surface area (Å²) in [6, 6.07) is 8.55. The summed E-state index contributed by atoms with van der Waals surface area (Å²) >= 11 is 0. The normalized spacial score (nSPS) is 17.6. The predicted octanol–water partition coefficient (Wildman–Crippen LogP) is 3.83. The fourth-order valence-corrected chi connectivity index (χ4v) is 4.01. The third-order valence-electron chi connectivity index (χ3n) is 5.85. The van der Waals surface area contributed by atoms with Crippen molar-refractivity contribution in [3.05, 3.63) is 77.3 Å². The van der Waals surface area contributed by atoms with Gasteiger partial charge in [-0.2, -0.15) is 10.3 Å². The molecule has 0 spiro atoms. The van der Waals surface area contributed by atoms with Crippen LogP contribution in [0.25, 0.3) is 0 Å². The van der Waals surface area contributed by atoms with Gasteiger partial charge in [-0.05, 0) is 42.3 Å². The molecule has 2 aromatic heterocycles. The SMILES string of the molecule is CCCCCc1nc(Cc2ccc(C3(c4nn[nH]n4)C=CC=CN3)cc2)n(CCCC)n1. The molecule has 0 amide bonds. The summed E-state index contributed by atoms with van der Waals surface area (Å²) in [5.41, 5.74) is 1.63. The molecule has 1 aliphatic heterocycles. The van der Waals surface area contributed by atoms with Crippen LogP contribution in [0.1, 0.15) is 74.6 Å². The van der Waals surface area contributed by atoms with Crippen molar-refractivity contribution < 1.29 is 0 Å². The van der Waals surface area contributed by atoms with Gasteiger partial charge in [0.05, 0.1) is 0 Å². The minimum atomic E-state index is -0.631. The van der Waals surface area contributed by atoms with E-state index in [1.165, 1.54) is 18.4 Å². The number of aromatic amines is 1. The fourth-order valence-electron chi connectivity index (χ4n) is 4.01. The Morgan fingerprint density at radius 1 is 1.00 bits per heavy atom. The predicted molar refractivity (Wildman–Crippen MR) is 124 cm³/mol. The lowest BCUT2D eigenvalue weighted by molar-refractivity contribution is 0.529. The Balaban J connectivity index is 1.54. The number of H-pyrrole nitrogens is 1. The van der Waals surface area contributed by atoms with E-state index in [9.17, 15) is 0 Å². The van der Waals surface area contributed by atoms with Crippen molar-refractivity contribution in [3.63, 3.8) is 0 Å². The van der Waals surface area contributed by atoms with Crippen LogP contribution in [0.4, 0.5) is 0 Å². The Labute approximate surface area is 189 Å². The number of nitrogens with one attached hydrogen (secondary N) is 2. The molecular formula is C24H32N8. The molecule has 1 aromatic carbocycles. The molecule has 32 heavy (non-hydrogen) atoms. The lowest BCUT2D eigenvalue weighted by Gasteiger charge is -2.30. The Morgan fingerprint density at radius 2 is 1.84 bits per heavy atom. The van der Waals surface area contributed by atoms with Crippen molar-refractivity contribution in [2.24, 2.45) is 0 Å². The zero-order valence-electron chi connectivity index (χ0n) is 19.0. The lowest BCUT2D eigenvalue weighted by atomic mass is 9.86. The van der Waals surface area contributed by atoms with Gasteiger partial charge in [0.2, 0.25) is 5.82 Å². The van der Waals surface area contributed by atoms with E-state index >= 15 is 0 Å².